The number of amides is 1. The summed E-state index contributed by atoms with van der Waals surface area (Å²) in [6.07, 6.45) is 5.52. The number of ether oxygens (including phenoxy) is 1. The van der Waals surface area contributed by atoms with Crippen LogP contribution in [0.5, 0.6) is 5.75 Å². The number of nitrogens with two attached hydrogens (primary N) is 1. The molecule has 1 heterocycles. The summed E-state index contributed by atoms with van der Waals surface area (Å²) in [6, 6.07) is 9.11. The fraction of sp³-hybridized carbons (Fsp3) is 0.412. The van der Waals surface area contributed by atoms with Gasteiger partial charge in [-0.15, -0.1) is 0 Å². The summed E-state index contributed by atoms with van der Waals surface area (Å²) in [4.78, 5) is 13.8. The van der Waals surface area contributed by atoms with Crippen LogP contribution in [0, 0.1) is 11.3 Å². The first-order valence-corrected chi connectivity index (χ1v) is 7.41. The summed E-state index contributed by atoms with van der Waals surface area (Å²) < 4.78 is 5.27. The van der Waals surface area contributed by atoms with Gasteiger partial charge in [-0.25, -0.2) is 0 Å². The van der Waals surface area contributed by atoms with Crippen molar-refractivity contribution in [3.05, 3.63) is 35.9 Å². The van der Waals surface area contributed by atoms with E-state index in [0.29, 0.717) is 6.54 Å². The Morgan fingerprint density at radius 1 is 1.59 bits per heavy atom. The molecule has 1 aromatic carbocycles. The lowest BCUT2D eigenvalue weighted by Crippen LogP contribution is -2.37. The van der Waals surface area contributed by atoms with Gasteiger partial charge in [-0.05, 0) is 18.9 Å². The zero-order chi connectivity index (χ0) is 15.9. The van der Waals surface area contributed by atoms with Crippen molar-refractivity contribution in [1.82, 2.24) is 4.90 Å². The predicted octanol–water partition coefficient (Wildman–Crippen LogP) is 1.94. The lowest BCUT2D eigenvalue weighted by Gasteiger charge is -2.20. The van der Waals surface area contributed by atoms with E-state index in [9.17, 15) is 4.79 Å². The molecule has 0 aliphatic carbocycles. The van der Waals surface area contributed by atoms with Gasteiger partial charge in [0, 0.05) is 24.6 Å². The number of carbonyl (C=O) groups excluding carboxylic acids is 1. The van der Waals surface area contributed by atoms with Crippen LogP contribution in [0.1, 0.15) is 24.8 Å². The van der Waals surface area contributed by atoms with E-state index in [-0.39, 0.29) is 24.4 Å². The van der Waals surface area contributed by atoms with Crippen LogP contribution >= 0.6 is 0 Å². The molecule has 0 radical (unpaired) electrons. The number of benzene rings is 1. The number of nitriles is 1. The predicted molar refractivity (Wildman–Crippen MR) is 85.0 cm³/mol. The van der Waals surface area contributed by atoms with Crippen LogP contribution in [0.2, 0.25) is 0 Å². The third-order valence-corrected chi connectivity index (χ3v) is 3.79. The average Bonchev–Trinajstić information content (AvgIpc) is 3.01. The fourth-order valence-electron chi connectivity index (χ4n) is 2.62. The fourth-order valence-corrected chi connectivity index (χ4v) is 2.62. The second-order valence-corrected chi connectivity index (χ2v) is 5.34. The first-order valence-electron chi connectivity index (χ1n) is 7.41. The highest BCUT2D eigenvalue weighted by Crippen LogP contribution is 2.20. The van der Waals surface area contributed by atoms with Crippen molar-refractivity contribution in [3.8, 4) is 11.8 Å². The number of para-hydroxylation sites is 1. The lowest BCUT2D eigenvalue weighted by molar-refractivity contribution is -0.131. The van der Waals surface area contributed by atoms with Crippen LogP contribution in [-0.2, 0) is 4.79 Å². The van der Waals surface area contributed by atoms with Gasteiger partial charge in [0.05, 0.1) is 13.2 Å². The number of hydrogen-bond acceptors (Lipinski definition) is 4. The average molecular weight is 299 g/mol. The molecule has 1 aliphatic heterocycles. The zero-order valence-electron chi connectivity index (χ0n) is 12.7. The van der Waals surface area contributed by atoms with Gasteiger partial charge in [0.1, 0.15) is 11.8 Å². The monoisotopic (exact) mass is 299 g/mol. The molecule has 116 valence electrons. The molecular formula is C17H21N3O2. The van der Waals surface area contributed by atoms with E-state index in [4.69, 9.17) is 15.7 Å². The maximum absolute atomic E-state index is 12.2. The summed E-state index contributed by atoms with van der Waals surface area (Å²) in [5.41, 5.74) is 6.93. The van der Waals surface area contributed by atoms with Crippen LogP contribution in [0.4, 0.5) is 0 Å². The van der Waals surface area contributed by atoms with Gasteiger partial charge in [-0.1, -0.05) is 30.4 Å². The Morgan fingerprint density at radius 2 is 2.36 bits per heavy atom. The molecule has 1 aliphatic rings. The van der Waals surface area contributed by atoms with Crippen molar-refractivity contribution in [1.29, 1.82) is 5.26 Å². The van der Waals surface area contributed by atoms with Crippen molar-refractivity contribution in [2.45, 2.75) is 31.3 Å². The summed E-state index contributed by atoms with van der Waals surface area (Å²) in [7, 11) is 1.62. The highest BCUT2D eigenvalue weighted by atomic mass is 16.5. The SMILES string of the molecule is COc1ccccc1C=CC(N)CC(=O)N1CCC[C@H]1C#N. The van der Waals surface area contributed by atoms with Crippen LogP contribution in [0.15, 0.2) is 30.3 Å². The lowest BCUT2D eigenvalue weighted by atomic mass is 10.1. The van der Waals surface area contributed by atoms with Crippen LogP contribution in [0.25, 0.3) is 6.08 Å². The summed E-state index contributed by atoms with van der Waals surface area (Å²) in [6.45, 7) is 0.653. The number of hydrogen-bond donors (Lipinski definition) is 1. The standard InChI is InChI=1S/C17H21N3O2/c1-22-16-7-3-2-5-13(16)8-9-14(19)11-17(21)20-10-4-6-15(20)12-18/h2-3,5,7-9,14-15H,4,6,10-11,19H2,1H3/t14?,15-/m0/s1. The molecule has 5 heteroatoms. The van der Waals surface area contributed by atoms with E-state index in [1.54, 1.807) is 18.1 Å². The van der Waals surface area contributed by atoms with Crippen LogP contribution < -0.4 is 10.5 Å². The van der Waals surface area contributed by atoms with Crippen molar-refractivity contribution >= 4 is 12.0 Å². The van der Waals surface area contributed by atoms with E-state index in [1.807, 2.05) is 30.3 Å². The molecule has 0 spiro atoms. The minimum absolute atomic E-state index is 0.0544. The molecule has 1 saturated heterocycles. The molecule has 1 amide bonds. The summed E-state index contributed by atoms with van der Waals surface area (Å²) in [5, 5.41) is 9.03. The van der Waals surface area contributed by atoms with E-state index >= 15 is 0 Å². The quantitative estimate of drug-likeness (QED) is 0.901. The van der Waals surface area contributed by atoms with E-state index in [1.165, 1.54) is 0 Å². The Kier molecular flexibility index (Phi) is 5.56. The van der Waals surface area contributed by atoms with Gasteiger partial charge in [0.2, 0.25) is 5.91 Å². The molecule has 0 saturated carbocycles. The topological polar surface area (TPSA) is 79.3 Å². The van der Waals surface area contributed by atoms with Crippen LogP contribution in [0.3, 0.4) is 0 Å². The molecule has 1 unspecified atom stereocenters. The minimum atomic E-state index is -0.377. The van der Waals surface area contributed by atoms with Crippen molar-refractivity contribution in [2.75, 3.05) is 13.7 Å². The van der Waals surface area contributed by atoms with Gasteiger partial charge >= 0.3 is 0 Å². The molecule has 2 N–H and O–H groups in total. The molecule has 5 nitrogen and oxygen atoms in total. The van der Waals surface area contributed by atoms with Gasteiger partial charge < -0.3 is 15.4 Å². The Labute approximate surface area is 131 Å². The highest BCUT2D eigenvalue weighted by molar-refractivity contribution is 5.78. The normalized spacial score (nSPS) is 19.1. The maximum Gasteiger partial charge on any atom is 0.225 e. The van der Waals surface area contributed by atoms with Crippen molar-refractivity contribution in [2.24, 2.45) is 5.73 Å². The zero-order valence-corrected chi connectivity index (χ0v) is 12.7. The summed E-state index contributed by atoms with van der Waals surface area (Å²) in [5.74, 6) is 0.711. The second kappa shape index (κ2) is 7.62. The number of rotatable bonds is 5. The molecule has 1 fully saturated rings. The molecule has 2 atom stereocenters. The minimum Gasteiger partial charge on any atom is -0.496 e. The van der Waals surface area contributed by atoms with Crippen LogP contribution in [-0.4, -0.2) is 36.5 Å². The van der Waals surface area contributed by atoms with E-state index in [2.05, 4.69) is 6.07 Å². The Bertz CT molecular complexity index is 592. The number of methoxy groups -OCH3 is 1. The highest BCUT2D eigenvalue weighted by Gasteiger charge is 2.28. The first kappa shape index (κ1) is 16.1. The Morgan fingerprint density at radius 3 is 3.09 bits per heavy atom. The van der Waals surface area contributed by atoms with E-state index in [0.717, 1.165) is 24.2 Å². The van der Waals surface area contributed by atoms with Gasteiger partial charge in [-0.3, -0.25) is 4.79 Å². The molecule has 1 aromatic rings. The molecule has 0 aromatic heterocycles. The molecule has 0 bridgehead atoms. The molecule has 22 heavy (non-hydrogen) atoms. The number of nitrogens with zero attached hydrogens (tertiary/aromatic N) is 2. The van der Waals surface area contributed by atoms with Gasteiger partial charge in [0.15, 0.2) is 0 Å². The maximum atomic E-state index is 12.2. The molecular weight excluding hydrogens is 278 g/mol. The van der Waals surface area contributed by atoms with Gasteiger partial charge in [-0.2, -0.15) is 5.26 Å². The Hall–Kier alpha value is -2.32. The molecule has 2 rings (SSSR count). The van der Waals surface area contributed by atoms with Crippen molar-refractivity contribution < 1.29 is 9.53 Å². The number of carbonyl (C=O) groups is 1. The largest absolute Gasteiger partial charge is 0.496 e. The van der Waals surface area contributed by atoms with E-state index < -0.39 is 0 Å². The smallest absolute Gasteiger partial charge is 0.225 e. The Balaban J connectivity index is 1.95. The number of likely N-dealkylation sites (tertiary alicyclic amines) is 1. The third-order valence-electron chi connectivity index (χ3n) is 3.79. The first-order chi connectivity index (χ1) is 10.7. The second-order valence-electron chi connectivity index (χ2n) is 5.34. The van der Waals surface area contributed by atoms with Gasteiger partial charge in [0.25, 0.3) is 0 Å². The third kappa shape index (κ3) is 3.86. The summed E-state index contributed by atoms with van der Waals surface area (Å²) >= 11 is 0. The van der Waals surface area contributed by atoms with Crippen molar-refractivity contribution in [3.63, 3.8) is 0 Å².